The van der Waals surface area contributed by atoms with Crippen molar-refractivity contribution in [3.8, 4) is 0 Å². The first-order chi connectivity index (χ1) is 14.0. The van der Waals surface area contributed by atoms with Crippen LogP contribution in [0.3, 0.4) is 0 Å². The summed E-state index contributed by atoms with van der Waals surface area (Å²) >= 11 is 0. The minimum Gasteiger partial charge on any atom is -0.382 e. The first kappa shape index (κ1) is 21.2. The van der Waals surface area contributed by atoms with Crippen molar-refractivity contribution in [3.05, 3.63) is 17.1 Å². The zero-order valence-corrected chi connectivity index (χ0v) is 17.7. The third-order valence-corrected chi connectivity index (χ3v) is 4.93. The number of nitrogens with zero attached hydrogens (tertiary/aromatic N) is 3. The first-order valence-corrected chi connectivity index (χ1v) is 10.6. The number of nitrogen functional groups attached to an aromatic ring is 1. The molecule has 0 bridgehead atoms. The Morgan fingerprint density at radius 1 is 1.24 bits per heavy atom. The maximum Gasteiger partial charge on any atom is 0.314 e. The number of amides is 2. The van der Waals surface area contributed by atoms with Gasteiger partial charge in [-0.1, -0.05) is 0 Å². The fourth-order valence-corrected chi connectivity index (χ4v) is 3.64. The number of carbonyl (C=O) groups excluding carboxylic acids is 1. The third kappa shape index (κ3) is 5.09. The van der Waals surface area contributed by atoms with Crippen molar-refractivity contribution in [3.63, 3.8) is 0 Å². The van der Waals surface area contributed by atoms with Crippen molar-refractivity contribution < 1.29 is 9.53 Å². The summed E-state index contributed by atoms with van der Waals surface area (Å²) in [6.45, 7) is 8.13. The SMILES string of the molecule is CCOCc1nc2c(N)nc3c(c2n1NCCCNC(=O)NC(C)C)CCCC3. The van der Waals surface area contributed by atoms with E-state index in [4.69, 9.17) is 15.5 Å². The number of hydrogen-bond acceptors (Lipinski definition) is 6. The number of aromatic nitrogens is 3. The summed E-state index contributed by atoms with van der Waals surface area (Å²) in [6, 6.07) is -0.0187. The number of fused-ring (bicyclic) bond motifs is 3. The highest BCUT2D eigenvalue weighted by Gasteiger charge is 2.22. The normalized spacial score (nSPS) is 13.5. The molecule has 9 heteroatoms. The van der Waals surface area contributed by atoms with E-state index >= 15 is 0 Å². The molecule has 5 N–H and O–H groups in total. The molecule has 2 heterocycles. The van der Waals surface area contributed by atoms with Gasteiger partial charge in [-0.15, -0.1) is 0 Å². The zero-order valence-electron chi connectivity index (χ0n) is 17.7. The Hall–Kier alpha value is -2.55. The van der Waals surface area contributed by atoms with E-state index in [0.29, 0.717) is 32.1 Å². The quantitative estimate of drug-likeness (QED) is 0.476. The van der Waals surface area contributed by atoms with E-state index in [-0.39, 0.29) is 12.1 Å². The summed E-state index contributed by atoms with van der Waals surface area (Å²) < 4.78 is 7.64. The highest BCUT2D eigenvalue weighted by molar-refractivity contribution is 5.89. The van der Waals surface area contributed by atoms with Gasteiger partial charge in [-0.25, -0.2) is 19.4 Å². The van der Waals surface area contributed by atoms with E-state index < -0.39 is 0 Å². The van der Waals surface area contributed by atoms with Crippen LogP contribution in [0.5, 0.6) is 0 Å². The number of anilines is 1. The van der Waals surface area contributed by atoms with Crippen molar-refractivity contribution in [2.24, 2.45) is 0 Å². The molecule has 2 aromatic heterocycles. The average Bonchev–Trinajstić information content (AvgIpc) is 3.05. The van der Waals surface area contributed by atoms with Gasteiger partial charge in [0.25, 0.3) is 0 Å². The molecule has 0 saturated heterocycles. The summed E-state index contributed by atoms with van der Waals surface area (Å²) in [5.74, 6) is 1.27. The van der Waals surface area contributed by atoms with E-state index in [1.165, 1.54) is 5.56 Å². The second kappa shape index (κ2) is 9.78. The Morgan fingerprint density at radius 2 is 2.03 bits per heavy atom. The maximum atomic E-state index is 11.7. The van der Waals surface area contributed by atoms with E-state index in [1.54, 1.807) is 0 Å². The topological polar surface area (TPSA) is 119 Å². The average molecular weight is 404 g/mol. The Bertz CT molecular complexity index is 847. The predicted molar refractivity (Wildman–Crippen MR) is 114 cm³/mol. The standard InChI is InChI=1S/C20H33N7O2/c1-4-29-12-16-26-17-18(14-8-5-6-9-15(14)25-19(17)21)27(16)23-11-7-10-22-20(28)24-13(2)3/h13,23H,4-12H2,1-3H3,(H2,21,25)(H2,22,24,28). The van der Waals surface area contributed by atoms with E-state index in [1.807, 2.05) is 25.4 Å². The molecule has 29 heavy (non-hydrogen) atoms. The van der Waals surface area contributed by atoms with Gasteiger partial charge in [-0.3, -0.25) is 0 Å². The fraction of sp³-hybridized carbons (Fsp3) is 0.650. The second-order valence-electron chi connectivity index (χ2n) is 7.64. The van der Waals surface area contributed by atoms with Crippen molar-refractivity contribution in [1.29, 1.82) is 0 Å². The van der Waals surface area contributed by atoms with Crippen LogP contribution in [-0.4, -0.2) is 46.4 Å². The number of rotatable bonds is 9. The highest BCUT2D eigenvalue weighted by Crippen LogP contribution is 2.31. The van der Waals surface area contributed by atoms with Gasteiger partial charge >= 0.3 is 6.03 Å². The van der Waals surface area contributed by atoms with Gasteiger partial charge in [0.2, 0.25) is 0 Å². The van der Waals surface area contributed by atoms with Crippen LogP contribution in [0.25, 0.3) is 11.0 Å². The molecule has 0 aliphatic heterocycles. The molecule has 160 valence electrons. The van der Waals surface area contributed by atoms with Gasteiger partial charge in [-0.2, -0.15) is 0 Å². The number of urea groups is 1. The molecule has 0 aromatic carbocycles. The lowest BCUT2D eigenvalue weighted by atomic mass is 9.95. The fourth-order valence-electron chi connectivity index (χ4n) is 3.64. The number of carbonyl (C=O) groups is 1. The molecule has 2 aromatic rings. The summed E-state index contributed by atoms with van der Waals surface area (Å²) in [5.41, 5.74) is 13.8. The van der Waals surface area contributed by atoms with Crippen LogP contribution in [0.2, 0.25) is 0 Å². The minimum atomic E-state index is -0.141. The summed E-state index contributed by atoms with van der Waals surface area (Å²) in [6.07, 6.45) is 5.01. The summed E-state index contributed by atoms with van der Waals surface area (Å²) in [4.78, 5) is 21.0. The van der Waals surface area contributed by atoms with Crippen LogP contribution < -0.4 is 21.8 Å². The van der Waals surface area contributed by atoms with Gasteiger partial charge < -0.3 is 26.5 Å². The summed E-state index contributed by atoms with van der Waals surface area (Å²) in [7, 11) is 0. The molecular formula is C20H33N7O2. The van der Waals surface area contributed by atoms with Gasteiger partial charge in [0.05, 0.1) is 5.52 Å². The van der Waals surface area contributed by atoms with Crippen LogP contribution in [0.1, 0.15) is 57.1 Å². The monoisotopic (exact) mass is 403 g/mol. The minimum absolute atomic E-state index is 0.122. The van der Waals surface area contributed by atoms with Gasteiger partial charge in [-0.05, 0) is 52.9 Å². The number of hydrogen-bond donors (Lipinski definition) is 4. The number of ether oxygens (including phenoxy) is 1. The number of nitrogens with two attached hydrogens (primary N) is 1. The van der Waals surface area contributed by atoms with Crippen LogP contribution in [-0.2, 0) is 24.2 Å². The lowest BCUT2D eigenvalue weighted by Gasteiger charge is -2.19. The second-order valence-corrected chi connectivity index (χ2v) is 7.64. The summed E-state index contributed by atoms with van der Waals surface area (Å²) in [5, 5.41) is 5.69. The molecule has 0 radical (unpaired) electrons. The van der Waals surface area contributed by atoms with Crippen molar-refractivity contribution in [2.45, 2.75) is 65.5 Å². The Balaban J connectivity index is 1.76. The van der Waals surface area contributed by atoms with Crippen LogP contribution in [0.15, 0.2) is 0 Å². The van der Waals surface area contributed by atoms with E-state index in [9.17, 15) is 4.79 Å². The van der Waals surface area contributed by atoms with Gasteiger partial charge in [0, 0.05) is 37.0 Å². The molecule has 0 fully saturated rings. The van der Waals surface area contributed by atoms with Crippen molar-refractivity contribution in [1.82, 2.24) is 25.3 Å². The van der Waals surface area contributed by atoms with Crippen LogP contribution >= 0.6 is 0 Å². The van der Waals surface area contributed by atoms with Crippen LogP contribution in [0, 0.1) is 0 Å². The molecule has 3 rings (SSSR count). The van der Waals surface area contributed by atoms with Gasteiger partial charge in [0.1, 0.15) is 12.1 Å². The maximum absolute atomic E-state index is 11.7. The molecule has 0 unspecified atom stereocenters. The lowest BCUT2D eigenvalue weighted by molar-refractivity contribution is 0.127. The molecule has 0 spiro atoms. The third-order valence-electron chi connectivity index (χ3n) is 4.93. The lowest BCUT2D eigenvalue weighted by Crippen LogP contribution is -2.40. The Kier molecular flexibility index (Phi) is 7.13. The smallest absolute Gasteiger partial charge is 0.314 e. The number of pyridine rings is 1. The number of imidazole rings is 1. The first-order valence-electron chi connectivity index (χ1n) is 10.6. The Labute approximate surface area is 171 Å². The molecular weight excluding hydrogens is 370 g/mol. The van der Waals surface area contributed by atoms with E-state index in [2.05, 4.69) is 21.0 Å². The van der Waals surface area contributed by atoms with Crippen molar-refractivity contribution in [2.75, 3.05) is 30.9 Å². The predicted octanol–water partition coefficient (Wildman–Crippen LogP) is 2.07. The zero-order chi connectivity index (χ0) is 20.8. The number of nitrogens with one attached hydrogen (secondary N) is 3. The molecule has 2 amide bonds. The molecule has 0 saturated carbocycles. The molecule has 0 atom stereocenters. The van der Waals surface area contributed by atoms with Gasteiger partial charge in [0.15, 0.2) is 11.6 Å². The highest BCUT2D eigenvalue weighted by atomic mass is 16.5. The van der Waals surface area contributed by atoms with Crippen molar-refractivity contribution >= 4 is 22.9 Å². The molecule has 1 aliphatic rings. The Morgan fingerprint density at radius 3 is 2.79 bits per heavy atom. The molecule has 1 aliphatic carbocycles. The molecule has 9 nitrogen and oxygen atoms in total. The van der Waals surface area contributed by atoms with E-state index in [0.717, 1.165) is 54.7 Å². The van der Waals surface area contributed by atoms with Crippen LogP contribution in [0.4, 0.5) is 10.6 Å². The largest absolute Gasteiger partial charge is 0.382 e. The number of aryl methyl sites for hydroxylation is 2.